The molecule has 3 heteroatoms. The molecule has 0 unspecified atom stereocenters. The highest BCUT2D eigenvalue weighted by molar-refractivity contribution is 8.93. The van der Waals surface area contributed by atoms with E-state index in [9.17, 15) is 0 Å². The Morgan fingerprint density at radius 3 is 3.00 bits per heavy atom. The molecule has 0 bridgehead atoms. The quantitative estimate of drug-likeness (QED) is 0.691. The lowest BCUT2D eigenvalue weighted by Gasteiger charge is -1.82. The zero-order chi connectivity index (χ0) is 6.10. The minimum atomic E-state index is 0. The maximum atomic E-state index is 3.95. The van der Waals surface area contributed by atoms with Crippen LogP contribution in [0, 0.1) is 0 Å². The third-order valence-electron chi connectivity index (χ3n) is 1.36. The largest absolute Gasteiger partial charge is 0.360 e. The van der Waals surface area contributed by atoms with Gasteiger partial charge in [-0.2, -0.15) is 0 Å². The van der Waals surface area contributed by atoms with Crippen LogP contribution in [0.5, 0.6) is 0 Å². The summed E-state index contributed by atoms with van der Waals surface area (Å²) >= 11 is 0. The van der Waals surface area contributed by atoms with Gasteiger partial charge in [0.05, 0.1) is 11.7 Å². The van der Waals surface area contributed by atoms with Crippen molar-refractivity contribution in [1.82, 2.24) is 9.97 Å². The highest BCUT2D eigenvalue weighted by Crippen LogP contribution is 2.07. The fourth-order valence-electron chi connectivity index (χ4n) is 0.892. The molecule has 0 aliphatic carbocycles. The summed E-state index contributed by atoms with van der Waals surface area (Å²) in [7, 11) is 0. The second-order valence-corrected chi connectivity index (χ2v) is 1.94. The molecule has 2 rings (SSSR count). The number of aromatic amines is 1. The summed E-state index contributed by atoms with van der Waals surface area (Å²) in [4.78, 5) is 7.01. The van der Waals surface area contributed by atoms with Crippen LogP contribution >= 0.6 is 17.0 Å². The van der Waals surface area contributed by atoms with E-state index in [1.807, 2.05) is 24.5 Å². The summed E-state index contributed by atoms with van der Waals surface area (Å²) < 4.78 is 0. The molecule has 1 N–H and O–H groups in total. The molecule has 0 fully saturated rings. The van der Waals surface area contributed by atoms with Crippen molar-refractivity contribution >= 4 is 27.9 Å². The van der Waals surface area contributed by atoms with Crippen LogP contribution in [0.25, 0.3) is 10.9 Å². The molecule has 0 spiro atoms. The zero-order valence-electron chi connectivity index (χ0n) is 5.24. The van der Waals surface area contributed by atoms with Crippen LogP contribution in [0.1, 0.15) is 0 Å². The molecule has 0 aliphatic heterocycles. The number of aromatic nitrogens is 2. The predicted octanol–water partition coefficient (Wildman–Crippen LogP) is 2.14. The molecular formula is C7H7BrN2. The fourth-order valence-corrected chi connectivity index (χ4v) is 0.892. The summed E-state index contributed by atoms with van der Waals surface area (Å²) in [6.07, 6.45) is 5.51. The first kappa shape index (κ1) is 7.28. The summed E-state index contributed by atoms with van der Waals surface area (Å²) in [6.45, 7) is 0. The average Bonchev–Trinajstić information content (AvgIpc) is 2.33. The van der Waals surface area contributed by atoms with Crippen LogP contribution in [0.4, 0.5) is 0 Å². The lowest BCUT2D eigenvalue weighted by molar-refractivity contribution is 1.34. The fraction of sp³-hybridized carbons (Fsp3) is 0. The van der Waals surface area contributed by atoms with Crippen LogP contribution in [0.2, 0.25) is 0 Å². The molecule has 0 aromatic carbocycles. The number of rotatable bonds is 0. The van der Waals surface area contributed by atoms with E-state index in [1.54, 1.807) is 6.20 Å². The van der Waals surface area contributed by atoms with Gasteiger partial charge in [0, 0.05) is 17.8 Å². The van der Waals surface area contributed by atoms with Crippen LogP contribution in [0.15, 0.2) is 30.7 Å². The Hall–Kier alpha value is -0.830. The molecular weight excluding hydrogens is 192 g/mol. The first-order valence-corrected chi connectivity index (χ1v) is 2.84. The summed E-state index contributed by atoms with van der Waals surface area (Å²) in [5.74, 6) is 0. The van der Waals surface area contributed by atoms with Gasteiger partial charge in [-0.05, 0) is 12.1 Å². The van der Waals surface area contributed by atoms with Crippen LogP contribution in [0.3, 0.4) is 0 Å². The number of halogens is 1. The third kappa shape index (κ3) is 1.04. The molecule has 52 valence electrons. The molecule has 0 radical (unpaired) electrons. The van der Waals surface area contributed by atoms with Crippen molar-refractivity contribution in [2.45, 2.75) is 0 Å². The number of H-pyrrole nitrogens is 1. The van der Waals surface area contributed by atoms with Gasteiger partial charge in [0.2, 0.25) is 0 Å². The smallest absolute Gasteiger partial charge is 0.0640 e. The Morgan fingerprint density at radius 2 is 2.20 bits per heavy atom. The molecule has 0 amide bonds. The van der Waals surface area contributed by atoms with E-state index >= 15 is 0 Å². The van der Waals surface area contributed by atoms with Crippen molar-refractivity contribution < 1.29 is 0 Å². The Labute approximate surface area is 69.1 Å². The van der Waals surface area contributed by atoms with E-state index < -0.39 is 0 Å². The maximum Gasteiger partial charge on any atom is 0.0640 e. The van der Waals surface area contributed by atoms with E-state index in [-0.39, 0.29) is 17.0 Å². The SMILES string of the molecule is Br.c1cc2cc[nH]c2cn1. The van der Waals surface area contributed by atoms with Crippen LogP contribution in [-0.4, -0.2) is 9.97 Å². The molecule has 2 heterocycles. The van der Waals surface area contributed by atoms with Crippen molar-refractivity contribution in [3.8, 4) is 0 Å². The Bertz CT molecular complexity index is 286. The lowest BCUT2D eigenvalue weighted by Crippen LogP contribution is -1.68. The molecule has 0 saturated carbocycles. The number of pyridine rings is 1. The first-order valence-electron chi connectivity index (χ1n) is 2.84. The van der Waals surface area contributed by atoms with Gasteiger partial charge in [0.1, 0.15) is 0 Å². The highest BCUT2D eigenvalue weighted by Gasteiger charge is 1.87. The van der Waals surface area contributed by atoms with E-state index in [0.717, 1.165) is 5.52 Å². The van der Waals surface area contributed by atoms with Gasteiger partial charge < -0.3 is 4.98 Å². The minimum absolute atomic E-state index is 0. The lowest BCUT2D eigenvalue weighted by atomic mass is 10.3. The van der Waals surface area contributed by atoms with Crippen molar-refractivity contribution in [1.29, 1.82) is 0 Å². The van der Waals surface area contributed by atoms with E-state index in [2.05, 4.69) is 9.97 Å². The normalized spacial score (nSPS) is 9.20. The summed E-state index contributed by atoms with van der Waals surface area (Å²) in [6, 6.07) is 4.00. The monoisotopic (exact) mass is 198 g/mol. The van der Waals surface area contributed by atoms with Gasteiger partial charge in [-0.1, -0.05) is 0 Å². The van der Waals surface area contributed by atoms with E-state index in [0.29, 0.717) is 0 Å². The second kappa shape index (κ2) is 2.84. The summed E-state index contributed by atoms with van der Waals surface area (Å²) in [5.41, 5.74) is 1.09. The number of nitrogens with zero attached hydrogens (tertiary/aromatic N) is 1. The minimum Gasteiger partial charge on any atom is -0.360 e. The molecule has 2 aromatic rings. The van der Waals surface area contributed by atoms with Gasteiger partial charge >= 0.3 is 0 Å². The predicted molar refractivity (Wildman–Crippen MR) is 46.4 cm³/mol. The first-order chi connectivity index (χ1) is 4.47. The van der Waals surface area contributed by atoms with Crippen molar-refractivity contribution in [2.24, 2.45) is 0 Å². The molecule has 0 atom stereocenters. The molecule has 2 aromatic heterocycles. The maximum absolute atomic E-state index is 3.95. The number of nitrogens with one attached hydrogen (secondary N) is 1. The summed E-state index contributed by atoms with van der Waals surface area (Å²) in [5, 5.41) is 1.21. The molecule has 0 saturated heterocycles. The number of hydrogen-bond acceptors (Lipinski definition) is 1. The molecule has 10 heavy (non-hydrogen) atoms. The van der Waals surface area contributed by atoms with Crippen LogP contribution < -0.4 is 0 Å². The van der Waals surface area contributed by atoms with Gasteiger partial charge in [-0.15, -0.1) is 17.0 Å². The van der Waals surface area contributed by atoms with Gasteiger partial charge in [-0.3, -0.25) is 4.98 Å². The van der Waals surface area contributed by atoms with Gasteiger partial charge in [-0.25, -0.2) is 0 Å². The van der Waals surface area contributed by atoms with E-state index in [4.69, 9.17) is 0 Å². The third-order valence-corrected chi connectivity index (χ3v) is 1.36. The molecule has 2 nitrogen and oxygen atoms in total. The highest BCUT2D eigenvalue weighted by atomic mass is 79.9. The average molecular weight is 199 g/mol. The number of hydrogen-bond donors (Lipinski definition) is 1. The van der Waals surface area contributed by atoms with Gasteiger partial charge in [0.15, 0.2) is 0 Å². The Morgan fingerprint density at radius 1 is 1.30 bits per heavy atom. The number of fused-ring (bicyclic) bond motifs is 1. The Balaban J connectivity index is 0.000000500. The van der Waals surface area contributed by atoms with Crippen molar-refractivity contribution in [2.75, 3.05) is 0 Å². The van der Waals surface area contributed by atoms with Crippen molar-refractivity contribution in [3.05, 3.63) is 30.7 Å². The van der Waals surface area contributed by atoms with Crippen LogP contribution in [-0.2, 0) is 0 Å². The van der Waals surface area contributed by atoms with Crippen molar-refractivity contribution in [3.63, 3.8) is 0 Å². The zero-order valence-corrected chi connectivity index (χ0v) is 6.96. The standard InChI is InChI=1S/C7H6N2.BrH/c1-3-8-5-7-6(1)2-4-9-7;/h1-5,9H;1H. The van der Waals surface area contributed by atoms with E-state index in [1.165, 1.54) is 5.39 Å². The second-order valence-electron chi connectivity index (χ2n) is 1.94. The topological polar surface area (TPSA) is 28.7 Å². The molecule has 0 aliphatic rings. The van der Waals surface area contributed by atoms with Gasteiger partial charge in [0.25, 0.3) is 0 Å². The Kier molecular flexibility index (Phi) is 2.06.